The molecule has 0 aliphatic carbocycles. The van der Waals surface area contributed by atoms with E-state index in [4.69, 9.17) is 4.74 Å². The normalized spacial score (nSPS) is 18.4. The summed E-state index contributed by atoms with van der Waals surface area (Å²) < 4.78 is 5.95. The van der Waals surface area contributed by atoms with Crippen molar-refractivity contribution in [2.75, 3.05) is 24.5 Å². The number of hydrogen-bond acceptors (Lipinski definition) is 5. The molecule has 2 aromatic rings. The molecule has 2 aliphatic rings. The third kappa shape index (κ3) is 4.58. The summed E-state index contributed by atoms with van der Waals surface area (Å²) in [6.45, 7) is 1.53. The zero-order valence-corrected chi connectivity index (χ0v) is 17.0. The molecule has 160 valence electrons. The third-order valence-electron chi connectivity index (χ3n) is 5.48. The van der Waals surface area contributed by atoms with E-state index in [2.05, 4.69) is 0 Å². The van der Waals surface area contributed by atoms with Gasteiger partial charge >= 0.3 is 0 Å². The van der Waals surface area contributed by atoms with Crippen LogP contribution in [0.25, 0.3) is 6.08 Å². The number of para-hydroxylation sites is 2. The summed E-state index contributed by atoms with van der Waals surface area (Å²) in [5.74, 6) is 0.0644. The van der Waals surface area contributed by atoms with Gasteiger partial charge in [-0.2, -0.15) is 0 Å². The molecule has 0 saturated carbocycles. The largest absolute Gasteiger partial charge is 0.476 e. The summed E-state index contributed by atoms with van der Waals surface area (Å²) in [4.78, 5) is 39.8. The van der Waals surface area contributed by atoms with Crippen LogP contribution in [0.5, 0.6) is 5.75 Å². The lowest BCUT2D eigenvalue weighted by atomic mass is 10.1. The van der Waals surface area contributed by atoms with Gasteiger partial charge in [0.05, 0.1) is 17.2 Å². The Balaban J connectivity index is 1.55. The third-order valence-corrected chi connectivity index (χ3v) is 5.48. The smallest absolute Gasteiger partial charge is 0.270 e. The molecule has 0 radical (unpaired) electrons. The highest BCUT2D eigenvalue weighted by molar-refractivity contribution is 6.05. The Labute approximate surface area is 179 Å². The van der Waals surface area contributed by atoms with Crippen molar-refractivity contribution >= 4 is 29.3 Å². The fourth-order valence-electron chi connectivity index (χ4n) is 3.89. The molecule has 31 heavy (non-hydrogen) atoms. The molecule has 2 aromatic carbocycles. The van der Waals surface area contributed by atoms with Crippen molar-refractivity contribution in [1.29, 1.82) is 0 Å². The SMILES string of the molecule is O=C([C@H]1CN(C(=O)/C=C/c2cccc([N+](=O)[O-])c2)c2ccccc2O1)N1CCCCC1. The van der Waals surface area contributed by atoms with Gasteiger partial charge in [-0.15, -0.1) is 0 Å². The lowest BCUT2D eigenvalue weighted by Gasteiger charge is -2.37. The maximum atomic E-state index is 13.0. The van der Waals surface area contributed by atoms with Crippen LogP contribution in [-0.2, 0) is 9.59 Å². The number of nitrogens with zero attached hydrogens (tertiary/aromatic N) is 3. The Morgan fingerprint density at radius 2 is 1.84 bits per heavy atom. The van der Waals surface area contributed by atoms with E-state index in [9.17, 15) is 19.7 Å². The number of amides is 2. The van der Waals surface area contributed by atoms with Crippen molar-refractivity contribution in [2.24, 2.45) is 0 Å². The van der Waals surface area contributed by atoms with Gasteiger partial charge in [-0.1, -0.05) is 24.3 Å². The standard InChI is InChI=1S/C23H23N3O5/c27-22(12-11-17-7-6-8-18(15-17)26(29)30)25-16-21(23(28)24-13-4-1-5-14-24)31-20-10-3-2-9-19(20)25/h2-3,6-12,15,21H,1,4-5,13-14,16H2/b12-11+/t21-/m1/s1. The molecule has 4 rings (SSSR count). The van der Waals surface area contributed by atoms with Crippen molar-refractivity contribution in [1.82, 2.24) is 4.90 Å². The number of carbonyl (C=O) groups excluding carboxylic acids is 2. The number of benzene rings is 2. The number of anilines is 1. The number of fused-ring (bicyclic) bond motifs is 1. The number of rotatable bonds is 4. The highest BCUT2D eigenvalue weighted by Crippen LogP contribution is 2.34. The van der Waals surface area contributed by atoms with Crippen LogP contribution in [-0.4, -0.2) is 47.4 Å². The van der Waals surface area contributed by atoms with Crippen molar-refractivity contribution in [2.45, 2.75) is 25.4 Å². The first kappa shape index (κ1) is 20.6. The average Bonchev–Trinajstić information content (AvgIpc) is 2.82. The summed E-state index contributed by atoms with van der Waals surface area (Å²) >= 11 is 0. The zero-order chi connectivity index (χ0) is 21.8. The molecule has 2 amide bonds. The molecule has 1 atom stereocenters. The topological polar surface area (TPSA) is 93.0 Å². The number of nitro groups is 1. The van der Waals surface area contributed by atoms with Crippen LogP contribution in [0.3, 0.4) is 0 Å². The first-order valence-corrected chi connectivity index (χ1v) is 10.3. The number of hydrogen-bond donors (Lipinski definition) is 0. The first-order valence-electron chi connectivity index (χ1n) is 10.3. The van der Waals surface area contributed by atoms with E-state index in [1.54, 1.807) is 36.4 Å². The Morgan fingerprint density at radius 1 is 1.06 bits per heavy atom. The second kappa shape index (κ2) is 8.99. The quantitative estimate of drug-likeness (QED) is 0.428. The molecule has 0 bridgehead atoms. The molecule has 0 aromatic heterocycles. The van der Waals surface area contributed by atoms with Crippen molar-refractivity contribution in [3.63, 3.8) is 0 Å². The van der Waals surface area contributed by atoms with Crippen molar-refractivity contribution in [3.05, 3.63) is 70.3 Å². The molecule has 0 unspecified atom stereocenters. The van der Waals surface area contributed by atoms with E-state index >= 15 is 0 Å². The molecule has 8 heteroatoms. The number of nitro benzene ring substituents is 1. The molecule has 0 N–H and O–H groups in total. The van der Waals surface area contributed by atoms with Crippen molar-refractivity contribution in [3.8, 4) is 5.75 Å². The van der Waals surface area contributed by atoms with Gasteiger partial charge in [-0.3, -0.25) is 19.7 Å². The van der Waals surface area contributed by atoms with Gasteiger partial charge in [0.1, 0.15) is 5.75 Å². The van der Waals surface area contributed by atoms with E-state index in [1.807, 2.05) is 4.90 Å². The van der Waals surface area contributed by atoms with Crippen molar-refractivity contribution < 1.29 is 19.2 Å². The van der Waals surface area contributed by atoms with Gasteiger partial charge in [-0.25, -0.2) is 0 Å². The Morgan fingerprint density at radius 3 is 2.61 bits per heavy atom. The zero-order valence-electron chi connectivity index (χ0n) is 17.0. The highest BCUT2D eigenvalue weighted by atomic mass is 16.6. The summed E-state index contributed by atoms with van der Waals surface area (Å²) in [5.41, 5.74) is 1.10. The maximum Gasteiger partial charge on any atom is 0.270 e. The predicted octanol–water partition coefficient (Wildman–Crippen LogP) is 3.41. The minimum absolute atomic E-state index is 0.0430. The maximum absolute atomic E-state index is 13.0. The molecule has 2 heterocycles. The van der Waals surface area contributed by atoms with Gasteiger partial charge in [0.2, 0.25) is 0 Å². The second-order valence-electron chi connectivity index (χ2n) is 7.59. The summed E-state index contributed by atoms with van der Waals surface area (Å²) in [6, 6.07) is 13.2. The predicted molar refractivity (Wildman–Crippen MR) is 116 cm³/mol. The number of carbonyl (C=O) groups is 2. The summed E-state index contributed by atoms with van der Waals surface area (Å²) in [5, 5.41) is 11.0. The molecule has 0 spiro atoms. The molecular formula is C23H23N3O5. The number of likely N-dealkylation sites (tertiary alicyclic amines) is 1. The van der Waals surface area contributed by atoms with E-state index < -0.39 is 11.0 Å². The summed E-state index contributed by atoms with van der Waals surface area (Å²) in [7, 11) is 0. The van der Waals surface area contributed by atoms with Gasteiger partial charge in [0.25, 0.3) is 17.5 Å². The Hall–Kier alpha value is -3.68. The van der Waals surface area contributed by atoms with Crippen LogP contribution < -0.4 is 9.64 Å². The van der Waals surface area contributed by atoms with Gasteiger partial charge < -0.3 is 14.5 Å². The number of ether oxygens (including phenoxy) is 1. The van der Waals surface area contributed by atoms with Gasteiger partial charge in [0.15, 0.2) is 6.10 Å². The fourth-order valence-corrected chi connectivity index (χ4v) is 3.89. The summed E-state index contributed by atoms with van der Waals surface area (Å²) in [6.07, 6.45) is 5.21. The lowest BCUT2D eigenvalue weighted by molar-refractivity contribution is -0.384. The minimum Gasteiger partial charge on any atom is -0.476 e. The molecule has 1 fully saturated rings. The fraction of sp³-hybridized carbons (Fsp3) is 0.304. The van der Waals surface area contributed by atoms with Crippen LogP contribution in [0, 0.1) is 10.1 Å². The number of non-ortho nitro benzene ring substituents is 1. The first-order chi connectivity index (χ1) is 15.0. The lowest BCUT2D eigenvalue weighted by Crippen LogP contribution is -2.52. The second-order valence-corrected chi connectivity index (χ2v) is 7.59. The van der Waals surface area contributed by atoms with E-state index in [0.717, 1.165) is 19.3 Å². The molecular weight excluding hydrogens is 398 g/mol. The number of piperidine rings is 1. The van der Waals surface area contributed by atoms with Crippen LogP contribution in [0.15, 0.2) is 54.6 Å². The molecule has 2 aliphatic heterocycles. The monoisotopic (exact) mass is 421 g/mol. The van der Waals surface area contributed by atoms with Crippen LogP contribution in [0.4, 0.5) is 11.4 Å². The minimum atomic E-state index is -0.761. The van der Waals surface area contributed by atoms with E-state index in [-0.39, 0.29) is 24.0 Å². The van der Waals surface area contributed by atoms with E-state index in [1.165, 1.54) is 29.2 Å². The Kier molecular flexibility index (Phi) is 5.97. The molecule has 1 saturated heterocycles. The highest BCUT2D eigenvalue weighted by Gasteiger charge is 2.35. The van der Waals surface area contributed by atoms with Gasteiger partial charge in [0, 0.05) is 31.3 Å². The average molecular weight is 421 g/mol. The van der Waals surface area contributed by atoms with Gasteiger partial charge in [-0.05, 0) is 43.0 Å². The van der Waals surface area contributed by atoms with E-state index in [0.29, 0.717) is 30.1 Å². The van der Waals surface area contributed by atoms with Crippen LogP contribution in [0.1, 0.15) is 24.8 Å². The Bertz CT molecular complexity index is 1030. The van der Waals surface area contributed by atoms with Crippen LogP contribution in [0.2, 0.25) is 0 Å². The van der Waals surface area contributed by atoms with Crippen LogP contribution >= 0.6 is 0 Å². The molecule has 8 nitrogen and oxygen atoms in total.